The fourth-order valence-corrected chi connectivity index (χ4v) is 4.02. The van der Waals surface area contributed by atoms with Gasteiger partial charge in [-0.2, -0.15) is 0 Å². The van der Waals surface area contributed by atoms with Crippen LogP contribution in [0.3, 0.4) is 0 Å². The van der Waals surface area contributed by atoms with Crippen molar-refractivity contribution < 1.29 is 14.6 Å². The number of likely N-dealkylation sites (N-methyl/N-ethyl adjacent to an activating group) is 1. The second-order valence-corrected chi connectivity index (χ2v) is 6.56. The highest BCUT2D eigenvalue weighted by molar-refractivity contribution is 5.82. The summed E-state index contributed by atoms with van der Waals surface area (Å²) in [5.74, 6) is 2.37. The Labute approximate surface area is 132 Å². The molecule has 4 nitrogen and oxygen atoms in total. The summed E-state index contributed by atoms with van der Waals surface area (Å²) in [5, 5.41) is 9.76. The third-order valence-corrected chi connectivity index (χ3v) is 5.43. The van der Waals surface area contributed by atoms with Gasteiger partial charge in [0.2, 0.25) is 5.91 Å². The molecule has 1 aromatic carbocycles. The van der Waals surface area contributed by atoms with Gasteiger partial charge in [-0.3, -0.25) is 4.79 Å². The number of benzene rings is 1. The molecule has 0 heterocycles. The normalized spacial score (nSPS) is 27.7. The zero-order valence-corrected chi connectivity index (χ0v) is 13.4. The molecule has 1 aromatic rings. The van der Waals surface area contributed by atoms with Crippen LogP contribution < -0.4 is 4.74 Å². The van der Waals surface area contributed by atoms with Crippen LogP contribution >= 0.6 is 0 Å². The predicted octanol–water partition coefficient (Wildman–Crippen LogP) is 2.62. The quantitative estimate of drug-likeness (QED) is 0.909. The van der Waals surface area contributed by atoms with Crippen molar-refractivity contribution in [3.8, 4) is 5.75 Å². The van der Waals surface area contributed by atoms with Crippen molar-refractivity contribution in [1.29, 1.82) is 0 Å². The molecule has 3 unspecified atom stereocenters. The number of ether oxygens (including phenoxy) is 1. The minimum atomic E-state index is -0.277. The number of carbonyl (C=O) groups excluding carboxylic acids is 1. The van der Waals surface area contributed by atoms with Crippen LogP contribution in [0.15, 0.2) is 24.3 Å². The van der Waals surface area contributed by atoms with E-state index in [1.165, 1.54) is 25.7 Å². The minimum Gasteiger partial charge on any atom is -0.497 e. The van der Waals surface area contributed by atoms with Gasteiger partial charge in [0.05, 0.1) is 19.8 Å². The summed E-state index contributed by atoms with van der Waals surface area (Å²) in [7, 11) is 3.45. The molecule has 2 aliphatic rings. The maximum absolute atomic E-state index is 12.8. The first kappa shape index (κ1) is 15.3. The monoisotopic (exact) mass is 303 g/mol. The van der Waals surface area contributed by atoms with Crippen molar-refractivity contribution in [2.24, 2.45) is 17.8 Å². The topological polar surface area (TPSA) is 49.8 Å². The molecule has 1 N–H and O–H groups in total. The van der Waals surface area contributed by atoms with E-state index in [2.05, 4.69) is 0 Å². The van der Waals surface area contributed by atoms with E-state index in [4.69, 9.17) is 4.74 Å². The molecule has 2 fully saturated rings. The lowest BCUT2D eigenvalue weighted by Crippen LogP contribution is -2.35. The Morgan fingerprint density at radius 2 is 1.86 bits per heavy atom. The van der Waals surface area contributed by atoms with Gasteiger partial charge < -0.3 is 14.7 Å². The Kier molecular flexibility index (Phi) is 4.39. The van der Waals surface area contributed by atoms with E-state index in [-0.39, 0.29) is 24.5 Å². The van der Waals surface area contributed by atoms with Gasteiger partial charge >= 0.3 is 0 Å². The summed E-state index contributed by atoms with van der Waals surface area (Å²) in [5.41, 5.74) is 0.947. The number of aliphatic hydroxyl groups excluding tert-OH is 1. The first-order valence-corrected chi connectivity index (χ1v) is 8.19. The number of rotatable bonds is 5. The molecule has 1 amide bonds. The standard InChI is InChI=1S/C18H25NO3/c1-19(18(21)17-14-5-3-4-6-15(14)17)16(11-20)12-7-9-13(22-2)10-8-12/h7-10,14-17,20H,3-6,11H2,1-2H3. The Morgan fingerprint density at radius 1 is 1.27 bits per heavy atom. The summed E-state index contributed by atoms with van der Waals surface area (Å²) in [6.07, 6.45) is 4.91. The summed E-state index contributed by atoms with van der Waals surface area (Å²) >= 11 is 0. The van der Waals surface area contributed by atoms with Gasteiger partial charge in [0, 0.05) is 13.0 Å². The highest BCUT2D eigenvalue weighted by Gasteiger charge is 2.55. The second-order valence-electron chi connectivity index (χ2n) is 6.56. The molecular formula is C18H25NO3. The van der Waals surface area contributed by atoms with Crippen LogP contribution in [0, 0.1) is 17.8 Å². The van der Waals surface area contributed by atoms with E-state index in [9.17, 15) is 9.90 Å². The van der Waals surface area contributed by atoms with Gasteiger partial charge in [0.15, 0.2) is 0 Å². The summed E-state index contributed by atoms with van der Waals surface area (Å²) in [6.45, 7) is -0.0589. The fraction of sp³-hybridized carbons (Fsp3) is 0.611. The molecule has 0 aliphatic heterocycles. The summed E-state index contributed by atoms with van der Waals surface area (Å²) < 4.78 is 5.16. The van der Waals surface area contributed by atoms with Crippen molar-refractivity contribution in [3.05, 3.63) is 29.8 Å². The Morgan fingerprint density at radius 3 is 2.36 bits per heavy atom. The smallest absolute Gasteiger partial charge is 0.226 e. The summed E-state index contributed by atoms with van der Waals surface area (Å²) in [4.78, 5) is 14.5. The van der Waals surface area contributed by atoms with Crippen LogP contribution in [0.25, 0.3) is 0 Å². The third-order valence-electron chi connectivity index (χ3n) is 5.43. The molecule has 4 heteroatoms. The Hall–Kier alpha value is -1.55. The lowest BCUT2D eigenvalue weighted by Gasteiger charge is -2.27. The van der Waals surface area contributed by atoms with Gasteiger partial charge in [-0.05, 0) is 42.4 Å². The van der Waals surface area contributed by atoms with E-state index in [1.54, 1.807) is 12.0 Å². The van der Waals surface area contributed by atoms with Gasteiger partial charge in [0.25, 0.3) is 0 Å². The maximum Gasteiger partial charge on any atom is 0.226 e. The number of hydrogen-bond acceptors (Lipinski definition) is 3. The van der Waals surface area contributed by atoms with Crippen LogP contribution in [0.4, 0.5) is 0 Å². The molecule has 3 rings (SSSR count). The molecule has 120 valence electrons. The predicted molar refractivity (Wildman–Crippen MR) is 84.5 cm³/mol. The lowest BCUT2D eigenvalue weighted by atomic mass is 10.0. The third kappa shape index (κ3) is 2.72. The largest absolute Gasteiger partial charge is 0.497 e. The van der Waals surface area contributed by atoms with Crippen LogP contribution in [0.2, 0.25) is 0 Å². The van der Waals surface area contributed by atoms with Crippen molar-refractivity contribution in [2.75, 3.05) is 20.8 Å². The van der Waals surface area contributed by atoms with Crippen LogP contribution in [0.5, 0.6) is 5.75 Å². The Balaban J connectivity index is 1.70. The SMILES string of the molecule is COc1ccc(C(CO)N(C)C(=O)C2C3CCCCC32)cc1. The number of carbonyl (C=O) groups is 1. The van der Waals surface area contributed by atoms with Crippen LogP contribution in [-0.2, 0) is 4.79 Å². The van der Waals surface area contributed by atoms with E-state index >= 15 is 0 Å². The molecule has 0 bridgehead atoms. The van der Waals surface area contributed by atoms with Crippen LogP contribution in [-0.4, -0.2) is 36.7 Å². The lowest BCUT2D eigenvalue weighted by molar-refractivity contribution is -0.135. The molecule has 3 atom stereocenters. The second kappa shape index (κ2) is 6.29. The zero-order valence-electron chi connectivity index (χ0n) is 13.4. The zero-order chi connectivity index (χ0) is 15.7. The molecule has 2 aliphatic carbocycles. The molecule has 0 saturated heterocycles. The molecule has 2 saturated carbocycles. The molecule has 0 aromatic heterocycles. The molecule has 0 spiro atoms. The molecule has 22 heavy (non-hydrogen) atoms. The van der Waals surface area contributed by atoms with Gasteiger partial charge in [0.1, 0.15) is 5.75 Å². The molecule has 0 radical (unpaired) electrons. The van der Waals surface area contributed by atoms with E-state index < -0.39 is 0 Å². The highest BCUT2D eigenvalue weighted by atomic mass is 16.5. The van der Waals surface area contributed by atoms with Crippen molar-refractivity contribution >= 4 is 5.91 Å². The van der Waals surface area contributed by atoms with Gasteiger partial charge in [-0.25, -0.2) is 0 Å². The average Bonchev–Trinajstić information content (AvgIpc) is 3.29. The fourth-order valence-electron chi connectivity index (χ4n) is 4.02. The summed E-state index contributed by atoms with van der Waals surface area (Å²) in [6, 6.07) is 7.30. The number of hydrogen-bond donors (Lipinski definition) is 1. The maximum atomic E-state index is 12.8. The number of methoxy groups -OCH3 is 1. The first-order valence-electron chi connectivity index (χ1n) is 8.19. The van der Waals surface area contributed by atoms with E-state index in [0.29, 0.717) is 11.8 Å². The van der Waals surface area contributed by atoms with Crippen LogP contribution in [0.1, 0.15) is 37.3 Å². The Bertz CT molecular complexity index is 516. The van der Waals surface area contributed by atoms with E-state index in [0.717, 1.165) is 11.3 Å². The van der Waals surface area contributed by atoms with Crippen molar-refractivity contribution in [2.45, 2.75) is 31.7 Å². The number of aliphatic hydroxyl groups is 1. The number of amides is 1. The van der Waals surface area contributed by atoms with Crippen molar-refractivity contribution in [1.82, 2.24) is 4.90 Å². The first-order chi connectivity index (χ1) is 10.7. The van der Waals surface area contributed by atoms with Gasteiger partial charge in [-0.1, -0.05) is 25.0 Å². The van der Waals surface area contributed by atoms with Crippen molar-refractivity contribution in [3.63, 3.8) is 0 Å². The highest BCUT2D eigenvalue weighted by Crippen LogP contribution is 2.56. The molecular weight excluding hydrogens is 278 g/mol. The average molecular weight is 303 g/mol. The van der Waals surface area contributed by atoms with Gasteiger partial charge in [-0.15, -0.1) is 0 Å². The number of nitrogens with zero attached hydrogens (tertiary/aromatic N) is 1. The number of fused-ring (bicyclic) bond motifs is 1. The minimum absolute atomic E-state index is 0.0589. The van der Waals surface area contributed by atoms with E-state index in [1.807, 2.05) is 31.3 Å².